The van der Waals surface area contributed by atoms with Gasteiger partial charge in [-0.2, -0.15) is 0 Å². The number of carboxylic acid groups (broad SMARTS) is 2. The number of hydrogen-bond donors (Lipinski definition) is 7. The molecule has 0 bridgehead atoms. The minimum atomic E-state index is -1.88. The van der Waals surface area contributed by atoms with Crippen LogP contribution in [0, 0.1) is 0 Å². The van der Waals surface area contributed by atoms with Gasteiger partial charge in [-0.3, -0.25) is 9.59 Å². The van der Waals surface area contributed by atoms with Crippen molar-refractivity contribution < 1.29 is 71.4 Å². The third-order valence-corrected chi connectivity index (χ3v) is 8.34. The lowest BCUT2D eigenvalue weighted by atomic mass is 9.72. The van der Waals surface area contributed by atoms with Crippen LogP contribution in [0.1, 0.15) is 56.4 Å². The van der Waals surface area contributed by atoms with Crippen molar-refractivity contribution in [1.82, 2.24) is 5.32 Å². The van der Waals surface area contributed by atoms with Gasteiger partial charge in [-0.05, 0) is 37.0 Å². The largest absolute Gasteiger partial charge is 1.00 e. The molecule has 7 unspecified atom stereocenters. The van der Waals surface area contributed by atoms with Gasteiger partial charge >= 0.3 is 11.9 Å². The van der Waals surface area contributed by atoms with Crippen LogP contribution in [0.5, 0.6) is 5.75 Å². The molecule has 0 aromatic heterocycles. The number of aliphatic hydroxyl groups excluding tert-OH is 3. The molecule has 7 N–H and O–H groups in total. The lowest BCUT2D eigenvalue weighted by Crippen LogP contribution is -3.00. The zero-order chi connectivity index (χ0) is 30.5. The van der Waals surface area contributed by atoms with Crippen molar-refractivity contribution in [3.8, 4) is 5.75 Å². The smallest absolute Gasteiger partial charge is 0.326 e. The second kappa shape index (κ2) is 14.8. The Balaban J connectivity index is 0.00000616. The highest BCUT2D eigenvalue weighted by molar-refractivity contribution is 5.87. The fraction of sp³-hybridized carbons (Fsp3) is 0.679. The minimum absolute atomic E-state index is 0. The molecule has 0 radical (unpaired) electrons. The molecule has 7 atom stereocenters. The Morgan fingerprint density at radius 3 is 2.14 bits per heavy atom. The number of rotatable bonds is 12. The predicted octanol–water partition coefficient (Wildman–Crippen LogP) is -3.20. The van der Waals surface area contributed by atoms with Crippen LogP contribution in [0.2, 0.25) is 0 Å². The monoisotopic (exact) mass is 618 g/mol. The first kappa shape index (κ1) is 35.7. The number of aliphatic hydroxyl groups is 4. The highest BCUT2D eigenvalue weighted by Crippen LogP contribution is 2.42. The average Bonchev–Trinajstić information content (AvgIpc) is 2.92. The van der Waals surface area contributed by atoms with E-state index in [1.54, 1.807) is 33.3 Å². The number of likely N-dealkylation sites (N-methyl/N-ethyl adjacent to an activating group) is 1. The van der Waals surface area contributed by atoms with Crippen LogP contribution in [0.15, 0.2) is 24.3 Å². The number of aliphatic carboxylic acids is 2. The Morgan fingerprint density at radius 2 is 1.62 bits per heavy atom. The summed E-state index contributed by atoms with van der Waals surface area (Å²) >= 11 is 0. The third-order valence-electron chi connectivity index (χ3n) is 8.34. The molecule has 1 amide bonds. The van der Waals surface area contributed by atoms with Crippen LogP contribution in [0.3, 0.4) is 0 Å². The van der Waals surface area contributed by atoms with Crippen LogP contribution < -0.4 is 22.5 Å². The van der Waals surface area contributed by atoms with Crippen molar-refractivity contribution in [3.63, 3.8) is 0 Å². The van der Waals surface area contributed by atoms with E-state index in [1.807, 2.05) is 12.1 Å². The number of methoxy groups -OCH3 is 1. The van der Waals surface area contributed by atoms with E-state index < -0.39 is 78.9 Å². The number of carbonyl (C=O) groups excluding carboxylic acids is 1. The summed E-state index contributed by atoms with van der Waals surface area (Å²) in [5.74, 6) is -3.56. The number of amides is 1. The third kappa shape index (κ3) is 8.31. The Morgan fingerprint density at radius 1 is 1.02 bits per heavy atom. The van der Waals surface area contributed by atoms with E-state index in [-0.39, 0.29) is 23.4 Å². The Kier molecular flexibility index (Phi) is 12.6. The van der Waals surface area contributed by atoms with Crippen molar-refractivity contribution in [2.45, 2.75) is 93.2 Å². The Hall–Kier alpha value is -2.52. The summed E-state index contributed by atoms with van der Waals surface area (Å²) < 4.78 is 11.0. The molecule has 2 aliphatic rings. The van der Waals surface area contributed by atoms with Gasteiger partial charge in [0.1, 0.15) is 24.0 Å². The number of nitrogens with one attached hydrogen (secondary N) is 1. The summed E-state index contributed by atoms with van der Waals surface area (Å²) in [6.07, 6.45) is -5.40. The molecule has 1 aliphatic carbocycles. The summed E-state index contributed by atoms with van der Waals surface area (Å²) in [4.78, 5) is 35.5. The predicted molar refractivity (Wildman–Crippen MR) is 144 cm³/mol. The van der Waals surface area contributed by atoms with Gasteiger partial charge in [0.2, 0.25) is 6.23 Å². The van der Waals surface area contributed by atoms with Gasteiger partial charge in [0.15, 0.2) is 12.2 Å². The Labute approximate surface area is 251 Å². The van der Waals surface area contributed by atoms with E-state index in [0.717, 1.165) is 24.8 Å². The lowest BCUT2D eigenvalue weighted by Gasteiger charge is -2.50. The molecule has 1 saturated heterocycles. The maximum Gasteiger partial charge on any atom is 0.326 e. The number of carbonyl (C=O) groups is 3. The van der Waals surface area contributed by atoms with Crippen molar-refractivity contribution in [2.75, 3.05) is 27.7 Å². The maximum absolute atomic E-state index is 13.0. The molecule has 42 heavy (non-hydrogen) atoms. The summed E-state index contributed by atoms with van der Waals surface area (Å²) in [5.41, 5.74) is -0.222. The van der Waals surface area contributed by atoms with Crippen molar-refractivity contribution in [3.05, 3.63) is 29.8 Å². The van der Waals surface area contributed by atoms with Gasteiger partial charge in [-0.1, -0.05) is 31.4 Å². The normalized spacial score (nSPS) is 27.2. The minimum Gasteiger partial charge on any atom is -1.00 e. The number of nitrogens with zero attached hydrogens (tertiary/aromatic N) is 1. The molecule has 2 fully saturated rings. The van der Waals surface area contributed by atoms with E-state index in [0.29, 0.717) is 18.6 Å². The molecule has 3 rings (SSSR count). The van der Waals surface area contributed by atoms with Gasteiger partial charge in [-0.15, -0.1) is 0 Å². The second-order valence-corrected chi connectivity index (χ2v) is 11.7. The molecular formula is C28H43ClN2O11. The summed E-state index contributed by atoms with van der Waals surface area (Å²) in [6.45, 7) is 0.220. The fourth-order valence-electron chi connectivity index (χ4n) is 5.94. The number of ether oxygens (including phenoxy) is 2. The van der Waals surface area contributed by atoms with Crippen LogP contribution in [0.4, 0.5) is 0 Å². The van der Waals surface area contributed by atoms with E-state index in [9.17, 15) is 39.9 Å². The maximum atomic E-state index is 13.0. The molecule has 0 spiro atoms. The Bertz CT molecular complexity index is 1060. The van der Waals surface area contributed by atoms with Crippen molar-refractivity contribution >= 4 is 17.8 Å². The molecule has 14 heteroatoms. The number of hydrogen-bond acceptors (Lipinski definition) is 9. The molecule has 1 aromatic carbocycles. The first-order valence-corrected chi connectivity index (χ1v) is 13.8. The van der Waals surface area contributed by atoms with Crippen molar-refractivity contribution in [2.24, 2.45) is 0 Å². The highest BCUT2D eigenvalue weighted by atomic mass is 35.5. The lowest BCUT2D eigenvalue weighted by molar-refractivity contribution is -0.946. The number of benzene rings is 1. The van der Waals surface area contributed by atoms with E-state index in [1.165, 1.54) is 0 Å². The second-order valence-electron chi connectivity index (χ2n) is 11.7. The zero-order valence-electron chi connectivity index (χ0n) is 24.1. The van der Waals surface area contributed by atoms with E-state index in [2.05, 4.69) is 5.32 Å². The van der Waals surface area contributed by atoms with Crippen LogP contribution in [-0.2, 0) is 19.1 Å². The van der Waals surface area contributed by atoms with Gasteiger partial charge in [0.05, 0.1) is 39.3 Å². The molecule has 1 saturated carbocycles. The highest BCUT2D eigenvalue weighted by Gasteiger charge is 2.54. The molecule has 13 nitrogen and oxygen atoms in total. The van der Waals surface area contributed by atoms with Gasteiger partial charge in [-0.25, -0.2) is 4.79 Å². The number of carboxylic acids is 2. The number of quaternary nitrogens is 1. The van der Waals surface area contributed by atoms with Gasteiger partial charge in [0, 0.05) is 6.42 Å². The molecule has 1 aliphatic heterocycles. The van der Waals surface area contributed by atoms with E-state index >= 15 is 0 Å². The van der Waals surface area contributed by atoms with Crippen LogP contribution in [0.25, 0.3) is 0 Å². The molecular weight excluding hydrogens is 576 g/mol. The van der Waals surface area contributed by atoms with Gasteiger partial charge < -0.3 is 62.3 Å². The SMILES string of the molecule is COc1ccc(C(C[N+](C)(C)C2OC(C(=O)NC(CCC(=O)O)C(=O)O)C(O)C(O)C2O)C2(O)CCCCC2)cc1.[Cl-]. The summed E-state index contributed by atoms with van der Waals surface area (Å²) in [7, 11) is 4.98. The van der Waals surface area contributed by atoms with Crippen molar-refractivity contribution in [1.29, 1.82) is 0 Å². The molecule has 238 valence electrons. The topological polar surface area (TPSA) is 203 Å². The van der Waals surface area contributed by atoms with Gasteiger partial charge in [0.25, 0.3) is 5.91 Å². The van der Waals surface area contributed by atoms with E-state index in [4.69, 9.17) is 14.6 Å². The summed E-state index contributed by atoms with van der Waals surface area (Å²) in [6, 6.07) is 5.76. The zero-order valence-corrected chi connectivity index (χ0v) is 24.8. The molecule has 1 heterocycles. The number of halogens is 1. The molecule has 1 aromatic rings. The van der Waals surface area contributed by atoms with Crippen LogP contribution in [-0.4, -0.2) is 123 Å². The first-order chi connectivity index (χ1) is 19.2. The first-order valence-electron chi connectivity index (χ1n) is 13.8. The average molecular weight is 619 g/mol. The summed E-state index contributed by atoms with van der Waals surface area (Å²) in [5, 5.41) is 64.6. The fourth-order valence-corrected chi connectivity index (χ4v) is 5.94. The van der Waals surface area contributed by atoms with Crippen LogP contribution >= 0.6 is 0 Å². The quantitative estimate of drug-likeness (QED) is 0.116. The standard InChI is InChI=1S/C28H42N2O11.ClH/c1-30(2,15-18(28(39)13-5-4-6-14-28)16-7-9-17(40-3)10-8-16)26-23(35)21(33)22(34)24(41-26)25(36)29-19(27(37)38)11-12-20(31)32;/h7-10,18-19,21-24,26,33-35,39H,4-6,11-15H2,1-3H3,(H2-,29,31,32,36,37,38);1H.